The van der Waals surface area contributed by atoms with Crippen molar-refractivity contribution in [3.63, 3.8) is 0 Å². The van der Waals surface area contributed by atoms with E-state index in [4.69, 9.17) is 0 Å². The van der Waals surface area contributed by atoms with Crippen molar-refractivity contribution in [3.05, 3.63) is 35.1 Å². The monoisotopic (exact) mass is 292 g/mol. The summed E-state index contributed by atoms with van der Waals surface area (Å²) >= 11 is 0. The predicted molar refractivity (Wildman–Crippen MR) is 85.8 cm³/mol. The molecule has 1 nitrogen and oxygen atoms in total. The van der Waals surface area contributed by atoms with Crippen molar-refractivity contribution in [1.82, 2.24) is 0 Å². The van der Waals surface area contributed by atoms with Gasteiger partial charge in [0.25, 0.3) is 0 Å². The molecule has 0 amide bonds. The number of halogens is 1. The highest BCUT2D eigenvalue weighted by Gasteiger charge is 2.37. The average molecular weight is 292 g/mol. The van der Waals surface area contributed by atoms with E-state index < -0.39 is 5.60 Å². The summed E-state index contributed by atoms with van der Waals surface area (Å²) in [6.07, 6.45) is 12.3. The van der Waals surface area contributed by atoms with Gasteiger partial charge < -0.3 is 5.11 Å². The molecule has 0 aliphatic heterocycles. The molecule has 0 aromatic heterocycles. The summed E-state index contributed by atoms with van der Waals surface area (Å²) in [5.74, 6) is -0.153. The van der Waals surface area contributed by atoms with E-state index in [1.165, 1.54) is 51.0 Å². The molecule has 2 rings (SSSR count). The maximum Gasteiger partial charge on any atom is 0.126 e. The Balaban J connectivity index is 1.71. The normalized spacial score (nSPS) is 20.7. The van der Waals surface area contributed by atoms with Crippen LogP contribution in [0.15, 0.2) is 18.2 Å². The second-order valence-electron chi connectivity index (χ2n) is 6.52. The summed E-state index contributed by atoms with van der Waals surface area (Å²) in [6, 6.07) is 5.12. The summed E-state index contributed by atoms with van der Waals surface area (Å²) in [7, 11) is 0. The first-order valence-corrected chi connectivity index (χ1v) is 8.67. The first kappa shape index (κ1) is 16.5. The quantitative estimate of drug-likeness (QED) is 0.597. The Bertz CT molecular complexity index is 443. The Labute approximate surface area is 128 Å². The van der Waals surface area contributed by atoms with Crippen LogP contribution in [0.4, 0.5) is 4.39 Å². The van der Waals surface area contributed by atoms with Crippen LogP contribution in [0.2, 0.25) is 0 Å². The van der Waals surface area contributed by atoms with Gasteiger partial charge in [0, 0.05) is 0 Å². The molecule has 1 aromatic carbocycles. The standard InChI is InChI=1S/C19H29FO/c1-2-3-4-5-6-7-8-9-14-19(21)15-13-16-17(19)11-10-12-18(16)20/h10-12,21H,2-9,13-15H2,1H3. The fourth-order valence-electron chi connectivity index (χ4n) is 3.53. The van der Waals surface area contributed by atoms with Gasteiger partial charge in [-0.3, -0.25) is 0 Å². The lowest BCUT2D eigenvalue weighted by molar-refractivity contribution is 0.0267. The molecule has 0 radical (unpaired) electrons. The fourth-order valence-corrected chi connectivity index (χ4v) is 3.53. The topological polar surface area (TPSA) is 20.2 Å². The number of fused-ring (bicyclic) bond motifs is 1. The second kappa shape index (κ2) is 7.93. The average Bonchev–Trinajstić information content (AvgIpc) is 2.81. The zero-order valence-electron chi connectivity index (χ0n) is 13.3. The van der Waals surface area contributed by atoms with Crippen LogP contribution in [0, 0.1) is 5.82 Å². The molecule has 1 unspecified atom stereocenters. The molecule has 1 aliphatic rings. The van der Waals surface area contributed by atoms with Gasteiger partial charge in [-0.15, -0.1) is 0 Å². The Morgan fingerprint density at radius 3 is 2.43 bits per heavy atom. The Kier molecular flexibility index (Phi) is 6.22. The van der Waals surface area contributed by atoms with Gasteiger partial charge in [-0.05, 0) is 36.5 Å². The molecule has 0 fully saturated rings. The molecule has 0 saturated heterocycles. The van der Waals surface area contributed by atoms with Crippen LogP contribution in [0.5, 0.6) is 0 Å². The number of benzene rings is 1. The van der Waals surface area contributed by atoms with Gasteiger partial charge in [0.15, 0.2) is 0 Å². The molecule has 0 spiro atoms. The van der Waals surface area contributed by atoms with Crippen LogP contribution in [-0.2, 0) is 12.0 Å². The minimum atomic E-state index is -0.778. The summed E-state index contributed by atoms with van der Waals surface area (Å²) in [5.41, 5.74) is 0.796. The van der Waals surface area contributed by atoms with Crippen LogP contribution in [0.1, 0.15) is 82.3 Å². The van der Waals surface area contributed by atoms with E-state index in [0.717, 1.165) is 24.0 Å². The summed E-state index contributed by atoms with van der Waals surface area (Å²) in [4.78, 5) is 0. The maximum absolute atomic E-state index is 13.7. The highest BCUT2D eigenvalue weighted by atomic mass is 19.1. The van der Waals surface area contributed by atoms with E-state index in [-0.39, 0.29) is 5.82 Å². The second-order valence-corrected chi connectivity index (χ2v) is 6.52. The predicted octanol–water partition coefficient (Wildman–Crippen LogP) is 5.49. The number of hydrogen-bond donors (Lipinski definition) is 1. The first-order chi connectivity index (χ1) is 10.2. The smallest absolute Gasteiger partial charge is 0.126 e. The van der Waals surface area contributed by atoms with E-state index in [9.17, 15) is 9.50 Å². The maximum atomic E-state index is 13.7. The van der Waals surface area contributed by atoms with Gasteiger partial charge in [0.2, 0.25) is 0 Å². The zero-order valence-corrected chi connectivity index (χ0v) is 13.3. The van der Waals surface area contributed by atoms with E-state index in [2.05, 4.69) is 6.92 Å². The van der Waals surface area contributed by atoms with Gasteiger partial charge >= 0.3 is 0 Å². The number of aliphatic hydroxyl groups is 1. The Morgan fingerprint density at radius 2 is 1.71 bits per heavy atom. The van der Waals surface area contributed by atoms with Crippen LogP contribution in [-0.4, -0.2) is 5.11 Å². The SMILES string of the molecule is CCCCCCCCCCC1(O)CCc2c(F)cccc21. The number of unbranched alkanes of at least 4 members (excludes halogenated alkanes) is 7. The minimum Gasteiger partial charge on any atom is -0.385 e. The number of hydrogen-bond acceptors (Lipinski definition) is 1. The lowest BCUT2D eigenvalue weighted by Crippen LogP contribution is -2.22. The molecular formula is C19H29FO. The van der Waals surface area contributed by atoms with Crippen molar-refractivity contribution in [2.45, 2.75) is 83.2 Å². The Hall–Kier alpha value is -0.890. The van der Waals surface area contributed by atoms with Crippen molar-refractivity contribution in [2.75, 3.05) is 0 Å². The van der Waals surface area contributed by atoms with E-state index >= 15 is 0 Å². The van der Waals surface area contributed by atoms with Crippen LogP contribution in [0.3, 0.4) is 0 Å². The van der Waals surface area contributed by atoms with E-state index in [1.54, 1.807) is 6.07 Å². The number of rotatable bonds is 9. The lowest BCUT2D eigenvalue weighted by atomic mass is 9.89. The third-order valence-electron chi connectivity index (χ3n) is 4.85. The van der Waals surface area contributed by atoms with Gasteiger partial charge in [-0.1, -0.05) is 70.4 Å². The molecular weight excluding hydrogens is 263 g/mol. The zero-order chi connectivity index (χ0) is 15.1. The van der Waals surface area contributed by atoms with Gasteiger partial charge in [0.05, 0.1) is 5.60 Å². The van der Waals surface area contributed by atoms with Crippen molar-refractivity contribution < 1.29 is 9.50 Å². The molecule has 0 heterocycles. The highest BCUT2D eigenvalue weighted by Crippen LogP contribution is 2.41. The molecule has 1 N–H and O–H groups in total. The largest absolute Gasteiger partial charge is 0.385 e. The van der Waals surface area contributed by atoms with E-state index in [1.807, 2.05) is 6.07 Å². The summed E-state index contributed by atoms with van der Waals surface area (Å²) < 4.78 is 13.7. The highest BCUT2D eigenvalue weighted by molar-refractivity contribution is 5.38. The third-order valence-corrected chi connectivity index (χ3v) is 4.85. The third kappa shape index (κ3) is 4.29. The van der Waals surface area contributed by atoms with Crippen LogP contribution in [0.25, 0.3) is 0 Å². The van der Waals surface area contributed by atoms with Crippen molar-refractivity contribution in [3.8, 4) is 0 Å². The molecule has 1 aliphatic carbocycles. The summed E-state index contributed by atoms with van der Waals surface area (Å²) in [6.45, 7) is 2.24. The van der Waals surface area contributed by atoms with Crippen LogP contribution >= 0.6 is 0 Å². The van der Waals surface area contributed by atoms with Crippen LogP contribution < -0.4 is 0 Å². The van der Waals surface area contributed by atoms with Gasteiger partial charge in [-0.2, -0.15) is 0 Å². The molecule has 1 aromatic rings. The lowest BCUT2D eigenvalue weighted by Gasteiger charge is -2.24. The Morgan fingerprint density at radius 1 is 1.05 bits per heavy atom. The molecule has 0 bridgehead atoms. The molecule has 21 heavy (non-hydrogen) atoms. The molecule has 118 valence electrons. The first-order valence-electron chi connectivity index (χ1n) is 8.67. The van der Waals surface area contributed by atoms with Gasteiger partial charge in [-0.25, -0.2) is 4.39 Å². The van der Waals surface area contributed by atoms with Crippen molar-refractivity contribution in [1.29, 1.82) is 0 Å². The van der Waals surface area contributed by atoms with E-state index in [0.29, 0.717) is 12.8 Å². The molecule has 0 saturated carbocycles. The van der Waals surface area contributed by atoms with Crippen molar-refractivity contribution in [2.24, 2.45) is 0 Å². The van der Waals surface area contributed by atoms with Gasteiger partial charge in [0.1, 0.15) is 5.82 Å². The summed E-state index contributed by atoms with van der Waals surface area (Å²) in [5, 5.41) is 10.8. The fraction of sp³-hybridized carbons (Fsp3) is 0.684. The molecule has 1 atom stereocenters. The molecule has 2 heteroatoms. The van der Waals surface area contributed by atoms with Crippen molar-refractivity contribution >= 4 is 0 Å². The minimum absolute atomic E-state index is 0.153.